The predicted molar refractivity (Wildman–Crippen MR) is 66.9 cm³/mol. The molecule has 19 heavy (non-hydrogen) atoms. The second-order valence-corrected chi connectivity index (χ2v) is 4.20. The lowest BCUT2D eigenvalue weighted by atomic mass is 10.0. The van der Waals surface area contributed by atoms with Crippen LogP contribution in [0.2, 0.25) is 5.02 Å². The van der Waals surface area contributed by atoms with Crippen molar-refractivity contribution in [3.8, 4) is 22.8 Å². The summed E-state index contributed by atoms with van der Waals surface area (Å²) in [5.74, 6) is -1.07. The minimum absolute atomic E-state index is 0.148. The van der Waals surface area contributed by atoms with Crippen LogP contribution in [0.15, 0.2) is 16.7 Å². The third kappa shape index (κ3) is 2.22. The summed E-state index contributed by atoms with van der Waals surface area (Å²) >= 11 is 5.97. The number of rotatable bonds is 3. The van der Waals surface area contributed by atoms with Crippen LogP contribution in [-0.4, -0.2) is 28.4 Å². The topological polar surface area (TPSA) is 92.8 Å². The maximum Gasteiger partial charge on any atom is 0.358 e. The first kappa shape index (κ1) is 13.2. The molecule has 1 heterocycles. The molecule has 2 rings (SSSR count). The van der Waals surface area contributed by atoms with Gasteiger partial charge in [-0.25, -0.2) is 4.79 Å². The van der Waals surface area contributed by atoms with Crippen molar-refractivity contribution in [2.24, 2.45) is 0 Å². The maximum absolute atomic E-state index is 10.8. The molecule has 0 aliphatic rings. The number of halogens is 1. The molecular formula is C12H10ClNO5. The minimum Gasteiger partial charge on any atom is -0.504 e. The van der Waals surface area contributed by atoms with Gasteiger partial charge in [-0.2, -0.15) is 0 Å². The highest BCUT2D eigenvalue weighted by Gasteiger charge is 2.22. The van der Waals surface area contributed by atoms with Crippen molar-refractivity contribution >= 4 is 17.6 Å². The van der Waals surface area contributed by atoms with Gasteiger partial charge in [0.1, 0.15) is 0 Å². The number of methoxy groups -OCH3 is 1. The molecule has 0 saturated carbocycles. The van der Waals surface area contributed by atoms with E-state index in [1.165, 1.54) is 19.2 Å². The number of carboxylic acids is 1. The van der Waals surface area contributed by atoms with Crippen molar-refractivity contribution in [3.05, 3.63) is 28.4 Å². The Morgan fingerprint density at radius 1 is 1.47 bits per heavy atom. The van der Waals surface area contributed by atoms with Crippen molar-refractivity contribution in [2.75, 3.05) is 7.11 Å². The van der Waals surface area contributed by atoms with Gasteiger partial charge < -0.3 is 19.5 Å². The van der Waals surface area contributed by atoms with Crippen molar-refractivity contribution in [1.29, 1.82) is 0 Å². The Labute approximate surface area is 113 Å². The molecule has 2 aromatic rings. The summed E-state index contributed by atoms with van der Waals surface area (Å²) in [4.78, 5) is 10.8. The minimum atomic E-state index is -1.21. The summed E-state index contributed by atoms with van der Waals surface area (Å²) in [6.45, 7) is 1.70. The van der Waals surface area contributed by atoms with Gasteiger partial charge >= 0.3 is 5.97 Å². The van der Waals surface area contributed by atoms with Crippen LogP contribution in [0.25, 0.3) is 11.3 Å². The second-order valence-electron chi connectivity index (χ2n) is 3.79. The highest BCUT2D eigenvalue weighted by molar-refractivity contribution is 6.32. The van der Waals surface area contributed by atoms with E-state index in [1.807, 2.05) is 0 Å². The quantitative estimate of drug-likeness (QED) is 0.899. The van der Waals surface area contributed by atoms with Crippen LogP contribution in [0.5, 0.6) is 11.5 Å². The summed E-state index contributed by atoms with van der Waals surface area (Å²) in [6, 6.07) is 2.58. The first-order chi connectivity index (χ1) is 8.95. The molecule has 0 saturated heterocycles. The number of benzene rings is 1. The number of phenolic OH excluding ortho intramolecular Hbond substituents is 1. The lowest BCUT2D eigenvalue weighted by Gasteiger charge is -2.12. The van der Waals surface area contributed by atoms with E-state index >= 15 is 0 Å². The Balaban J connectivity index is 2.69. The molecule has 0 atom stereocenters. The number of aromatic nitrogens is 1. The lowest BCUT2D eigenvalue weighted by Crippen LogP contribution is -1.95. The smallest absolute Gasteiger partial charge is 0.358 e. The molecule has 1 aromatic heterocycles. The standard InChI is InChI=1S/C12H10ClNO5/c1-5-6(13)3-8(15)11(18-2)10(5)9-4-7(12(16)17)14-19-9/h3-4,15H,1-2H3,(H,16,17). The zero-order chi connectivity index (χ0) is 14.2. The number of ether oxygens (including phenoxy) is 1. The number of carboxylic acid groups (broad SMARTS) is 1. The molecule has 0 fully saturated rings. The molecular weight excluding hydrogens is 274 g/mol. The summed E-state index contributed by atoms with van der Waals surface area (Å²) < 4.78 is 10.1. The number of nitrogens with zero attached hydrogens (tertiary/aromatic N) is 1. The van der Waals surface area contributed by atoms with Crippen LogP contribution in [0.3, 0.4) is 0 Å². The van der Waals surface area contributed by atoms with Gasteiger partial charge in [0.15, 0.2) is 23.0 Å². The number of hydrogen-bond donors (Lipinski definition) is 2. The second kappa shape index (κ2) is 4.81. The van der Waals surface area contributed by atoms with Crippen LogP contribution >= 0.6 is 11.6 Å². The number of phenols is 1. The van der Waals surface area contributed by atoms with Crippen molar-refractivity contribution in [3.63, 3.8) is 0 Å². The third-order valence-electron chi connectivity index (χ3n) is 2.64. The molecule has 7 heteroatoms. The molecule has 6 nitrogen and oxygen atoms in total. The van der Waals surface area contributed by atoms with E-state index < -0.39 is 5.97 Å². The zero-order valence-electron chi connectivity index (χ0n) is 10.1. The van der Waals surface area contributed by atoms with Crippen LogP contribution in [0.4, 0.5) is 0 Å². The molecule has 0 bridgehead atoms. The van der Waals surface area contributed by atoms with E-state index in [1.54, 1.807) is 6.92 Å². The van der Waals surface area contributed by atoms with Gasteiger partial charge in [0, 0.05) is 17.2 Å². The molecule has 2 N–H and O–H groups in total. The van der Waals surface area contributed by atoms with Crippen molar-refractivity contribution in [1.82, 2.24) is 5.16 Å². The Morgan fingerprint density at radius 2 is 2.16 bits per heavy atom. The Hall–Kier alpha value is -2.21. The monoisotopic (exact) mass is 283 g/mol. The maximum atomic E-state index is 10.8. The molecule has 0 aliphatic heterocycles. The van der Waals surface area contributed by atoms with E-state index in [-0.39, 0.29) is 23.0 Å². The van der Waals surface area contributed by atoms with E-state index in [0.717, 1.165) is 0 Å². The first-order valence-corrected chi connectivity index (χ1v) is 5.60. The van der Waals surface area contributed by atoms with E-state index in [0.29, 0.717) is 16.1 Å². The van der Waals surface area contributed by atoms with E-state index in [4.69, 9.17) is 26.0 Å². The highest BCUT2D eigenvalue weighted by atomic mass is 35.5. The fourth-order valence-corrected chi connectivity index (χ4v) is 1.91. The first-order valence-electron chi connectivity index (χ1n) is 5.22. The summed E-state index contributed by atoms with van der Waals surface area (Å²) in [5.41, 5.74) is 0.716. The summed E-state index contributed by atoms with van der Waals surface area (Å²) in [5, 5.41) is 22.3. The van der Waals surface area contributed by atoms with Gasteiger partial charge in [0.25, 0.3) is 0 Å². The zero-order valence-corrected chi connectivity index (χ0v) is 10.9. The van der Waals surface area contributed by atoms with Crippen LogP contribution in [-0.2, 0) is 0 Å². The van der Waals surface area contributed by atoms with Gasteiger partial charge in [-0.05, 0) is 12.5 Å². The Morgan fingerprint density at radius 3 is 2.68 bits per heavy atom. The van der Waals surface area contributed by atoms with Crippen LogP contribution in [0, 0.1) is 6.92 Å². The average Bonchev–Trinajstić information content (AvgIpc) is 2.82. The third-order valence-corrected chi connectivity index (χ3v) is 3.03. The van der Waals surface area contributed by atoms with Gasteiger partial charge in [0.05, 0.1) is 12.7 Å². The average molecular weight is 284 g/mol. The van der Waals surface area contributed by atoms with Gasteiger partial charge in [-0.3, -0.25) is 0 Å². The lowest BCUT2D eigenvalue weighted by molar-refractivity contribution is 0.0686. The number of aromatic carboxylic acids is 1. The molecule has 0 radical (unpaired) electrons. The van der Waals surface area contributed by atoms with E-state index in [9.17, 15) is 9.90 Å². The van der Waals surface area contributed by atoms with Gasteiger partial charge in [-0.1, -0.05) is 16.8 Å². The van der Waals surface area contributed by atoms with E-state index in [2.05, 4.69) is 5.16 Å². The number of hydrogen-bond acceptors (Lipinski definition) is 5. The van der Waals surface area contributed by atoms with Gasteiger partial charge in [0.2, 0.25) is 0 Å². The molecule has 0 spiro atoms. The fourth-order valence-electron chi connectivity index (χ4n) is 1.71. The normalized spacial score (nSPS) is 10.5. The fraction of sp³-hybridized carbons (Fsp3) is 0.167. The number of aromatic hydroxyl groups is 1. The summed E-state index contributed by atoms with van der Waals surface area (Å²) in [7, 11) is 1.38. The molecule has 1 aromatic carbocycles. The van der Waals surface area contributed by atoms with Gasteiger partial charge in [-0.15, -0.1) is 0 Å². The Bertz CT molecular complexity index is 650. The largest absolute Gasteiger partial charge is 0.504 e. The SMILES string of the molecule is COc1c(O)cc(Cl)c(C)c1-c1cc(C(=O)O)no1. The molecule has 0 amide bonds. The molecule has 100 valence electrons. The van der Waals surface area contributed by atoms with Crippen molar-refractivity contribution < 1.29 is 24.3 Å². The van der Waals surface area contributed by atoms with Crippen LogP contribution in [0.1, 0.15) is 16.1 Å². The summed E-state index contributed by atoms with van der Waals surface area (Å²) in [6.07, 6.45) is 0. The highest BCUT2D eigenvalue weighted by Crippen LogP contribution is 2.43. The molecule has 0 unspecified atom stereocenters. The predicted octanol–water partition coefficient (Wildman–Crippen LogP) is 2.72. The molecule has 0 aliphatic carbocycles. The van der Waals surface area contributed by atoms with Crippen LogP contribution < -0.4 is 4.74 Å². The number of carbonyl (C=O) groups is 1. The van der Waals surface area contributed by atoms with Crippen molar-refractivity contribution in [2.45, 2.75) is 6.92 Å². The Kier molecular flexibility index (Phi) is 3.35.